The Bertz CT molecular complexity index is 212. The van der Waals surface area contributed by atoms with Crippen LogP contribution in [0.5, 0.6) is 0 Å². The van der Waals surface area contributed by atoms with Gasteiger partial charge in [0.1, 0.15) is 12.2 Å². The third-order valence-electron chi connectivity index (χ3n) is 1.93. The van der Waals surface area contributed by atoms with E-state index < -0.39 is 18.5 Å². The number of allylic oxidation sites excluding steroid dienone is 1. The lowest BCUT2D eigenvalue weighted by molar-refractivity contribution is -0.175. The van der Waals surface area contributed by atoms with Gasteiger partial charge in [-0.2, -0.15) is 0 Å². The van der Waals surface area contributed by atoms with Crippen LogP contribution in [0.2, 0.25) is 0 Å². The molecule has 0 fully saturated rings. The summed E-state index contributed by atoms with van der Waals surface area (Å²) in [7, 11) is 0. The number of aliphatic hydroxyl groups is 2. The van der Waals surface area contributed by atoms with E-state index in [1.807, 2.05) is 19.1 Å². The second kappa shape index (κ2) is 5.93. The van der Waals surface area contributed by atoms with E-state index in [0.29, 0.717) is 6.61 Å². The molecule has 0 spiro atoms. The minimum Gasteiger partial charge on any atom is -0.394 e. The topological polar surface area (TPSA) is 58.9 Å². The highest BCUT2D eigenvalue weighted by Crippen LogP contribution is 2.13. The van der Waals surface area contributed by atoms with Crippen LogP contribution in [0.1, 0.15) is 6.92 Å². The van der Waals surface area contributed by atoms with Crippen molar-refractivity contribution >= 4 is 0 Å². The Kier molecular flexibility index (Phi) is 4.82. The zero-order valence-electron chi connectivity index (χ0n) is 8.17. The van der Waals surface area contributed by atoms with Gasteiger partial charge in [0.25, 0.3) is 0 Å². The maximum atomic E-state index is 9.32. The SMILES string of the molecule is C/C=C/CO[C@@H]1C=C[C@H](O)[C@@H](CO)O1. The van der Waals surface area contributed by atoms with Crippen molar-refractivity contribution in [3.8, 4) is 0 Å². The zero-order valence-corrected chi connectivity index (χ0v) is 8.17. The molecule has 4 heteroatoms. The summed E-state index contributed by atoms with van der Waals surface area (Å²) in [6, 6.07) is 0. The van der Waals surface area contributed by atoms with Crippen LogP contribution in [0.4, 0.5) is 0 Å². The molecule has 0 amide bonds. The molecule has 80 valence electrons. The third-order valence-corrected chi connectivity index (χ3v) is 1.93. The van der Waals surface area contributed by atoms with E-state index in [-0.39, 0.29) is 6.61 Å². The molecule has 0 aromatic heterocycles. The maximum absolute atomic E-state index is 9.32. The van der Waals surface area contributed by atoms with Gasteiger partial charge in [0.05, 0.1) is 13.2 Å². The largest absolute Gasteiger partial charge is 0.394 e. The monoisotopic (exact) mass is 200 g/mol. The number of rotatable bonds is 4. The quantitative estimate of drug-likeness (QED) is 0.637. The second-order valence-electron chi connectivity index (χ2n) is 3.00. The molecule has 0 aliphatic carbocycles. The lowest BCUT2D eigenvalue weighted by Crippen LogP contribution is -2.38. The Morgan fingerprint density at radius 2 is 2.29 bits per heavy atom. The number of aliphatic hydroxyl groups excluding tert-OH is 2. The summed E-state index contributed by atoms with van der Waals surface area (Å²) in [6.07, 6.45) is 5.13. The first kappa shape index (κ1) is 11.4. The molecule has 0 aromatic rings. The molecule has 2 N–H and O–H groups in total. The van der Waals surface area contributed by atoms with Crippen molar-refractivity contribution in [3.63, 3.8) is 0 Å². The van der Waals surface area contributed by atoms with Gasteiger partial charge in [0.15, 0.2) is 6.29 Å². The van der Waals surface area contributed by atoms with Gasteiger partial charge in [-0.25, -0.2) is 0 Å². The molecule has 1 rings (SSSR count). The molecule has 0 aromatic carbocycles. The molecule has 14 heavy (non-hydrogen) atoms. The number of ether oxygens (including phenoxy) is 2. The molecule has 0 saturated heterocycles. The van der Waals surface area contributed by atoms with E-state index in [4.69, 9.17) is 14.6 Å². The fourth-order valence-corrected chi connectivity index (χ4v) is 1.12. The molecule has 3 atom stereocenters. The minimum atomic E-state index is -0.749. The summed E-state index contributed by atoms with van der Waals surface area (Å²) in [5, 5.41) is 18.2. The van der Waals surface area contributed by atoms with Crippen LogP contribution in [0.3, 0.4) is 0 Å². The fourth-order valence-electron chi connectivity index (χ4n) is 1.12. The highest BCUT2D eigenvalue weighted by Gasteiger charge is 2.24. The molecular weight excluding hydrogens is 184 g/mol. The van der Waals surface area contributed by atoms with Crippen LogP contribution in [0.25, 0.3) is 0 Å². The zero-order chi connectivity index (χ0) is 10.4. The van der Waals surface area contributed by atoms with Crippen LogP contribution < -0.4 is 0 Å². The summed E-state index contributed by atoms with van der Waals surface area (Å²) < 4.78 is 10.5. The Balaban J connectivity index is 2.37. The van der Waals surface area contributed by atoms with Crippen molar-refractivity contribution in [2.75, 3.05) is 13.2 Å². The molecule has 1 aliphatic heterocycles. The first-order valence-corrected chi connectivity index (χ1v) is 4.63. The van der Waals surface area contributed by atoms with Gasteiger partial charge < -0.3 is 19.7 Å². The van der Waals surface area contributed by atoms with Crippen LogP contribution in [0.15, 0.2) is 24.3 Å². The predicted octanol–water partition coefficient (Wildman–Crippen LogP) is 0.213. The van der Waals surface area contributed by atoms with Crippen molar-refractivity contribution in [2.45, 2.75) is 25.4 Å². The standard InChI is InChI=1S/C10H16O4/c1-2-3-6-13-10-5-4-8(12)9(7-11)14-10/h2-5,8-12H,6-7H2,1H3/b3-2+/t8-,9+,10-/m0/s1. The molecule has 0 bridgehead atoms. The van der Waals surface area contributed by atoms with Crippen LogP contribution >= 0.6 is 0 Å². The second-order valence-corrected chi connectivity index (χ2v) is 3.00. The van der Waals surface area contributed by atoms with Crippen LogP contribution in [-0.2, 0) is 9.47 Å². The van der Waals surface area contributed by atoms with Crippen molar-refractivity contribution in [3.05, 3.63) is 24.3 Å². The molecule has 0 saturated carbocycles. The van der Waals surface area contributed by atoms with Gasteiger partial charge in [-0.05, 0) is 13.0 Å². The van der Waals surface area contributed by atoms with Gasteiger partial charge in [-0.1, -0.05) is 18.2 Å². The lowest BCUT2D eigenvalue weighted by Gasteiger charge is -2.27. The highest BCUT2D eigenvalue weighted by molar-refractivity contribution is 4.99. The van der Waals surface area contributed by atoms with E-state index in [9.17, 15) is 5.11 Å². The Hall–Kier alpha value is -0.680. The summed E-state index contributed by atoms with van der Waals surface area (Å²) in [6.45, 7) is 2.15. The van der Waals surface area contributed by atoms with E-state index in [2.05, 4.69) is 0 Å². The lowest BCUT2D eigenvalue weighted by atomic mass is 10.1. The molecule has 1 heterocycles. The van der Waals surface area contributed by atoms with Gasteiger partial charge in [0.2, 0.25) is 0 Å². The normalized spacial score (nSPS) is 32.6. The number of hydrogen-bond donors (Lipinski definition) is 2. The van der Waals surface area contributed by atoms with Crippen molar-refractivity contribution in [1.82, 2.24) is 0 Å². The summed E-state index contributed by atoms with van der Waals surface area (Å²) in [4.78, 5) is 0. The van der Waals surface area contributed by atoms with Crippen molar-refractivity contribution in [2.24, 2.45) is 0 Å². The van der Waals surface area contributed by atoms with Gasteiger partial charge in [-0.3, -0.25) is 0 Å². The molecule has 1 aliphatic rings. The fraction of sp³-hybridized carbons (Fsp3) is 0.600. The smallest absolute Gasteiger partial charge is 0.177 e. The van der Waals surface area contributed by atoms with E-state index in [0.717, 1.165) is 0 Å². The predicted molar refractivity (Wildman–Crippen MR) is 51.7 cm³/mol. The molecular formula is C10H16O4. The van der Waals surface area contributed by atoms with E-state index in [1.54, 1.807) is 12.2 Å². The maximum Gasteiger partial charge on any atom is 0.177 e. The number of hydrogen-bond acceptors (Lipinski definition) is 4. The Morgan fingerprint density at radius 3 is 2.93 bits per heavy atom. The Labute approximate surface area is 83.5 Å². The summed E-state index contributed by atoms with van der Waals surface area (Å²) in [5.41, 5.74) is 0. The molecule has 0 radical (unpaired) electrons. The van der Waals surface area contributed by atoms with Crippen molar-refractivity contribution < 1.29 is 19.7 Å². The summed E-state index contributed by atoms with van der Waals surface area (Å²) >= 11 is 0. The van der Waals surface area contributed by atoms with Crippen molar-refractivity contribution in [1.29, 1.82) is 0 Å². The summed E-state index contributed by atoms with van der Waals surface area (Å²) in [5.74, 6) is 0. The van der Waals surface area contributed by atoms with Crippen LogP contribution in [-0.4, -0.2) is 41.9 Å². The third kappa shape index (κ3) is 3.23. The average molecular weight is 200 g/mol. The first-order valence-electron chi connectivity index (χ1n) is 4.63. The van der Waals surface area contributed by atoms with E-state index in [1.165, 1.54) is 0 Å². The first-order chi connectivity index (χ1) is 6.77. The minimum absolute atomic E-state index is 0.213. The van der Waals surface area contributed by atoms with Gasteiger partial charge >= 0.3 is 0 Å². The van der Waals surface area contributed by atoms with Gasteiger partial charge in [0, 0.05) is 0 Å². The highest BCUT2D eigenvalue weighted by atomic mass is 16.7. The molecule has 4 nitrogen and oxygen atoms in total. The van der Waals surface area contributed by atoms with E-state index >= 15 is 0 Å². The van der Waals surface area contributed by atoms with Gasteiger partial charge in [-0.15, -0.1) is 0 Å². The Morgan fingerprint density at radius 1 is 1.50 bits per heavy atom. The average Bonchev–Trinajstić information content (AvgIpc) is 2.21. The van der Waals surface area contributed by atoms with Crippen LogP contribution in [0, 0.1) is 0 Å². The molecule has 0 unspecified atom stereocenters.